The second-order valence-electron chi connectivity index (χ2n) is 8.69. The topological polar surface area (TPSA) is 109 Å². The first-order chi connectivity index (χ1) is 17.7. The Labute approximate surface area is 205 Å². The van der Waals surface area contributed by atoms with Crippen molar-refractivity contribution >= 4 is 22.1 Å². The number of pyridine rings is 1. The molecule has 2 N–H and O–H groups in total. The van der Waals surface area contributed by atoms with Crippen molar-refractivity contribution in [1.29, 1.82) is 0 Å². The summed E-state index contributed by atoms with van der Waals surface area (Å²) in [4.78, 5) is 20.7. The molecule has 4 heterocycles. The summed E-state index contributed by atoms with van der Waals surface area (Å²) in [6, 6.07) is 22.5. The van der Waals surface area contributed by atoms with E-state index in [2.05, 4.69) is 55.7 Å². The van der Waals surface area contributed by atoms with Crippen molar-refractivity contribution < 1.29 is 4.52 Å². The number of rotatable bonds is 4. The monoisotopic (exact) mass is 469 g/mol. The van der Waals surface area contributed by atoms with E-state index in [1.54, 1.807) is 6.20 Å². The third-order valence-electron chi connectivity index (χ3n) is 6.39. The highest BCUT2D eigenvalue weighted by Gasteiger charge is 2.11. The predicted octanol–water partition coefficient (Wildman–Crippen LogP) is 6.19. The highest BCUT2D eigenvalue weighted by molar-refractivity contribution is 5.88. The average molecular weight is 470 g/mol. The van der Waals surface area contributed by atoms with Gasteiger partial charge in [-0.25, -0.2) is 9.97 Å². The van der Waals surface area contributed by atoms with Gasteiger partial charge in [0, 0.05) is 34.4 Å². The maximum atomic E-state index is 4.83. The van der Waals surface area contributed by atoms with Gasteiger partial charge in [0.25, 0.3) is 0 Å². The third kappa shape index (κ3) is 3.43. The summed E-state index contributed by atoms with van der Waals surface area (Å²) in [5, 5.41) is 7.48. The number of hydrogen-bond acceptors (Lipinski definition) is 6. The number of fused-ring (bicyclic) bond motifs is 2. The quantitative estimate of drug-likeness (QED) is 0.318. The van der Waals surface area contributed by atoms with Gasteiger partial charge in [0.2, 0.25) is 0 Å². The summed E-state index contributed by atoms with van der Waals surface area (Å²) in [5.74, 6) is 1.66. The molecule has 0 aliphatic rings. The Morgan fingerprint density at radius 1 is 0.694 bits per heavy atom. The molecule has 0 bridgehead atoms. The fourth-order valence-electron chi connectivity index (χ4n) is 4.47. The van der Waals surface area contributed by atoms with Gasteiger partial charge in [-0.05, 0) is 53.9 Å². The van der Waals surface area contributed by atoms with E-state index in [9.17, 15) is 0 Å². The fourth-order valence-corrected chi connectivity index (χ4v) is 4.47. The van der Waals surface area contributed by atoms with Crippen LogP contribution in [0.4, 0.5) is 0 Å². The number of imidazole rings is 2. The number of aryl methyl sites for hydroxylation is 1. The molecule has 172 valence electrons. The molecule has 0 amide bonds. The average Bonchev–Trinajstić information content (AvgIpc) is 3.68. The van der Waals surface area contributed by atoms with Crippen molar-refractivity contribution in [2.24, 2.45) is 0 Å². The summed E-state index contributed by atoms with van der Waals surface area (Å²) < 4.78 is 4.83. The van der Waals surface area contributed by atoms with Crippen LogP contribution in [0.1, 0.15) is 5.56 Å². The molecule has 3 aromatic carbocycles. The highest BCUT2D eigenvalue weighted by atomic mass is 16.5. The van der Waals surface area contributed by atoms with Gasteiger partial charge in [0.15, 0.2) is 6.26 Å². The molecule has 0 saturated carbocycles. The first kappa shape index (κ1) is 20.3. The minimum Gasteiger partial charge on any atom is -0.345 e. The number of aromatic amines is 2. The smallest absolute Gasteiger partial charge is 0.152 e. The maximum absolute atomic E-state index is 4.83. The molecule has 0 fully saturated rings. The van der Waals surface area contributed by atoms with E-state index in [1.807, 2.05) is 49.5 Å². The summed E-state index contributed by atoms with van der Waals surface area (Å²) in [6.45, 7) is 2.04. The van der Waals surface area contributed by atoms with Crippen LogP contribution in [0.2, 0.25) is 0 Å². The normalized spacial score (nSPS) is 11.5. The molecule has 8 heteroatoms. The van der Waals surface area contributed by atoms with Crippen molar-refractivity contribution in [2.75, 3.05) is 0 Å². The van der Waals surface area contributed by atoms with Crippen LogP contribution in [0.25, 0.3) is 67.2 Å². The Balaban J connectivity index is 1.22. The van der Waals surface area contributed by atoms with Gasteiger partial charge in [-0.1, -0.05) is 36.4 Å². The number of nitrogens with one attached hydrogen (secondary N) is 2. The van der Waals surface area contributed by atoms with Crippen LogP contribution < -0.4 is 0 Å². The largest absolute Gasteiger partial charge is 0.345 e. The summed E-state index contributed by atoms with van der Waals surface area (Å²) in [7, 11) is 0. The molecule has 7 rings (SSSR count). The lowest BCUT2D eigenvalue weighted by Gasteiger charge is -2.02. The van der Waals surface area contributed by atoms with Crippen molar-refractivity contribution in [3.8, 4) is 45.2 Å². The number of hydrogen-bond donors (Lipinski definition) is 2. The molecule has 0 aliphatic carbocycles. The fraction of sp³-hybridized carbons (Fsp3) is 0.0357. The number of benzene rings is 3. The van der Waals surface area contributed by atoms with Gasteiger partial charge < -0.3 is 14.5 Å². The van der Waals surface area contributed by atoms with Crippen molar-refractivity contribution in [2.45, 2.75) is 6.92 Å². The zero-order valence-electron chi connectivity index (χ0n) is 19.2. The SMILES string of the molecule is Cc1cnccc1-c1nc2ccc(-c3ccc4nc(-c5ccc(-c6conn6)cc5)[nH]c4c3)cc2[nH]1. The standard InChI is InChI=1S/C28H19N7O/c1-16-14-29-11-10-21(16)28-31-23-9-7-20(13-25(23)33-28)19-6-8-22-24(12-19)32-27(30-22)18-4-2-17(3-5-18)26-15-36-35-34-26/h2-15H,1H3,(H,30,32)(H,31,33). The van der Waals surface area contributed by atoms with Crippen LogP contribution >= 0.6 is 0 Å². The van der Waals surface area contributed by atoms with Gasteiger partial charge in [0.1, 0.15) is 17.3 Å². The molecule has 0 atom stereocenters. The lowest BCUT2D eigenvalue weighted by atomic mass is 10.0. The van der Waals surface area contributed by atoms with Crippen LogP contribution in [0.5, 0.6) is 0 Å². The van der Waals surface area contributed by atoms with Crippen LogP contribution in [0, 0.1) is 6.92 Å². The van der Waals surface area contributed by atoms with Crippen LogP contribution in [0.15, 0.2) is 89.9 Å². The Morgan fingerprint density at radius 3 is 2.00 bits per heavy atom. The zero-order chi connectivity index (χ0) is 24.1. The predicted molar refractivity (Wildman–Crippen MR) is 138 cm³/mol. The van der Waals surface area contributed by atoms with Gasteiger partial charge in [-0.3, -0.25) is 4.98 Å². The molecule has 8 nitrogen and oxygen atoms in total. The van der Waals surface area contributed by atoms with Crippen LogP contribution in [0.3, 0.4) is 0 Å². The summed E-state index contributed by atoms with van der Waals surface area (Å²) >= 11 is 0. The van der Waals surface area contributed by atoms with Crippen LogP contribution in [-0.4, -0.2) is 35.3 Å². The van der Waals surface area contributed by atoms with E-state index in [0.29, 0.717) is 5.69 Å². The summed E-state index contributed by atoms with van der Waals surface area (Å²) in [6.07, 6.45) is 5.17. The van der Waals surface area contributed by atoms with E-state index in [1.165, 1.54) is 6.26 Å². The van der Waals surface area contributed by atoms with Gasteiger partial charge in [-0.2, -0.15) is 0 Å². The first-order valence-electron chi connectivity index (χ1n) is 11.5. The molecule has 0 unspecified atom stereocenters. The van der Waals surface area contributed by atoms with E-state index in [4.69, 9.17) is 14.5 Å². The number of H-pyrrole nitrogens is 2. The van der Waals surface area contributed by atoms with E-state index in [0.717, 1.165) is 67.1 Å². The highest BCUT2D eigenvalue weighted by Crippen LogP contribution is 2.30. The minimum atomic E-state index is 0.702. The molecule has 36 heavy (non-hydrogen) atoms. The van der Waals surface area contributed by atoms with Gasteiger partial charge >= 0.3 is 0 Å². The second kappa shape index (κ2) is 7.99. The Morgan fingerprint density at radius 2 is 1.33 bits per heavy atom. The van der Waals surface area contributed by atoms with E-state index >= 15 is 0 Å². The van der Waals surface area contributed by atoms with Crippen molar-refractivity contribution in [3.63, 3.8) is 0 Å². The van der Waals surface area contributed by atoms with Gasteiger partial charge in [-0.15, -0.1) is 5.10 Å². The molecule has 7 aromatic rings. The molecule has 0 aliphatic heterocycles. The first-order valence-corrected chi connectivity index (χ1v) is 11.5. The maximum Gasteiger partial charge on any atom is 0.152 e. The van der Waals surface area contributed by atoms with E-state index < -0.39 is 0 Å². The molecule has 0 radical (unpaired) electrons. The van der Waals surface area contributed by atoms with E-state index in [-0.39, 0.29) is 0 Å². The molecule has 0 spiro atoms. The lowest BCUT2D eigenvalue weighted by molar-refractivity contribution is 0.393. The second-order valence-corrected chi connectivity index (χ2v) is 8.69. The molecule has 0 saturated heterocycles. The minimum absolute atomic E-state index is 0.702. The Bertz CT molecular complexity index is 1850. The molecule has 4 aromatic heterocycles. The van der Waals surface area contributed by atoms with Gasteiger partial charge in [0.05, 0.1) is 22.1 Å². The molecular formula is C28H19N7O. The Hall–Kier alpha value is -5.11. The summed E-state index contributed by atoms with van der Waals surface area (Å²) in [5.41, 5.74) is 10.8. The molecular weight excluding hydrogens is 450 g/mol. The third-order valence-corrected chi connectivity index (χ3v) is 6.39. The Kier molecular flexibility index (Phi) is 4.50. The number of aromatic nitrogens is 7. The number of nitrogens with zero attached hydrogens (tertiary/aromatic N) is 5. The van der Waals surface area contributed by atoms with Crippen molar-refractivity contribution in [3.05, 3.63) is 91.0 Å². The van der Waals surface area contributed by atoms with Crippen LogP contribution in [-0.2, 0) is 0 Å². The lowest BCUT2D eigenvalue weighted by Crippen LogP contribution is -1.85. The zero-order valence-corrected chi connectivity index (χ0v) is 19.2. The van der Waals surface area contributed by atoms with Crippen molar-refractivity contribution in [1.82, 2.24) is 35.3 Å².